The van der Waals surface area contributed by atoms with Crippen molar-refractivity contribution >= 4 is 5.78 Å². The highest BCUT2D eigenvalue weighted by Crippen LogP contribution is 1.71. The zero-order valence-corrected chi connectivity index (χ0v) is 3.32. The van der Waals surface area contributed by atoms with Gasteiger partial charge < -0.3 is 4.79 Å². The van der Waals surface area contributed by atoms with Crippen molar-refractivity contribution in [2.24, 2.45) is 0 Å². The largest absolute Gasteiger partial charge is 0.300 e. The summed E-state index contributed by atoms with van der Waals surface area (Å²) >= 11 is 0. The highest BCUT2D eigenvalue weighted by atomic mass is 16.1. The maximum absolute atomic E-state index is 9.92. The number of hydrogen-bond acceptors (Lipinski definition) is 1. The lowest BCUT2D eigenvalue weighted by atomic mass is 10.4. The molecule has 0 atom stereocenters. The highest BCUT2D eigenvalue weighted by molar-refractivity contribution is 5.74. The van der Waals surface area contributed by atoms with E-state index in [9.17, 15) is 4.79 Å². The van der Waals surface area contributed by atoms with E-state index < -0.39 is 0 Å². The Labute approximate surface area is 33.4 Å². The van der Waals surface area contributed by atoms with Crippen LogP contribution < -0.4 is 0 Å². The van der Waals surface area contributed by atoms with Gasteiger partial charge in [-0.3, -0.25) is 0 Å². The van der Waals surface area contributed by atoms with Crippen LogP contribution in [0.15, 0.2) is 0 Å². The van der Waals surface area contributed by atoms with Crippen LogP contribution >= 0.6 is 0 Å². The van der Waals surface area contributed by atoms with Gasteiger partial charge in [-0.15, -0.1) is 0 Å². The Balaban J connectivity index is 2.83. The van der Waals surface area contributed by atoms with Crippen molar-refractivity contribution in [2.75, 3.05) is 0 Å². The molecule has 0 radical (unpaired) electrons. The number of carbonyl (C=O) groups excluding carboxylic acids is 1. The van der Waals surface area contributed by atoms with Gasteiger partial charge in [-0.2, -0.15) is 0 Å². The third-order valence-corrected chi connectivity index (χ3v) is 0.352. The Kier molecular flexibility index (Phi) is 1.12. The highest BCUT2D eigenvalue weighted by Gasteiger charge is 1.76. The van der Waals surface area contributed by atoms with Gasteiger partial charge in [-0.1, -0.05) is 6.90 Å². The van der Waals surface area contributed by atoms with E-state index in [1.807, 2.05) is 0 Å². The first-order valence-corrected chi connectivity index (χ1v) is 1.56. The summed E-state index contributed by atoms with van der Waals surface area (Å²) in [7, 11) is 0. The molecule has 0 aromatic rings. The summed E-state index contributed by atoms with van der Waals surface area (Å²) in [6, 6.07) is 0. The van der Waals surface area contributed by atoms with E-state index in [1.165, 1.54) is 6.92 Å². The SMILES string of the molecule is [3H]CCC(C)=O. The van der Waals surface area contributed by atoms with Gasteiger partial charge in [-0.05, 0) is 6.92 Å². The van der Waals surface area contributed by atoms with Crippen molar-refractivity contribution < 1.29 is 6.17 Å². The molecule has 0 heterocycles. The van der Waals surface area contributed by atoms with Gasteiger partial charge in [0.05, 0.1) is 0 Å². The lowest BCUT2D eigenvalue weighted by Crippen LogP contribution is -1.80. The van der Waals surface area contributed by atoms with Crippen LogP contribution in [0.1, 0.15) is 21.6 Å². The quantitative estimate of drug-likeness (QED) is 0.453. The summed E-state index contributed by atoms with van der Waals surface area (Å²) in [5.74, 6) is 0.102. The lowest BCUT2D eigenvalue weighted by Gasteiger charge is -1.71. The molecule has 0 fully saturated rings. The second kappa shape index (κ2) is 1.94. The van der Waals surface area contributed by atoms with E-state index in [1.54, 1.807) is 0 Å². The zero-order chi connectivity index (χ0) is 4.99. The second-order valence-electron chi connectivity index (χ2n) is 0.952. The number of Topliss-reactive ketones (excluding diaryl/α,β-unsaturated/α-hetero) is 1. The van der Waals surface area contributed by atoms with E-state index >= 15 is 0 Å². The smallest absolute Gasteiger partial charge is 0.129 e. The maximum atomic E-state index is 9.92. The van der Waals surface area contributed by atoms with Crippen molar-refractivity contribution in [1.29, 1.82) is 0 Å². The molecule has 0 aliphatic carbocycles. The Morgan fingerprint density at radius 1 is 2.20 bits per heavy atom. The summed E-state index contributed by atoms with van der Waals surface area (Å²) in [6.07, 6.45) is 0.403. The van der Waals surface area contributed by atoms with E-state index in [4.69, 9.17) is 1.37 Å². The van der Waals surface area contributed by atoms with Crippen molar-refractivity contribution in [3.05, 3.63) is 0 Å². The van der Waals surface area contributed by atoms with Crippen molar-refractivity contribution in [3.8, 4) is 0 Å². The number of rotatable bonds is 1. The molecule has 30 valence electrons. The van der Waals surface area contributed by atoms with Crippen molar-refractivity contribution in [2.45, 2.75) is 20.2 Å². The fourth-order valence-corrected chi connectivity index (χ4v) is 0. The molecule has 0 aliphatic heterocycles. The molecular weight excluding hydrogens is 64.0 g/mol. The summed E-state index contributed by atoms with van der Waals surface area (Å²) in [5, 5.41) is 0. The average molecular weight is 74.1 g/mol. The Morgan fingerprint density at radius 3 is 2.80 bits per heavy atom. The van der Waals surface area contributed by atoms with Gasteiger partial charge in [0.2, 0.25) is 0 Å². The van der Waals surface area contributed by atoms with Gasteiger partial charge in [0.25, 0.3) is 0 Å². The van der Waals surface area contributed by atoms with Crippen LogP contribution in [0.2, 0.25) is 0 Å². The van der Waals surface area contributed by atoms with E-state index in [2.05, 4.69) is 0 Å². The van der Waals surface area contributed by atoms with Crippen molar-refractivity contribution in [3.63, 3.8) is 0 Å². The first kappa shape index (κ1) is 2.88. The van der Waals surface area contributed by atoms with Crippen LogP contribution in [-0.2, 0) is 4.79 Å². The molecule has 0 saturated carbocycles. The van der Waals surface area contributed by atoms with Crippen LogP contribution in [0, 0.1) is 0 Å². The molecule has 1 heteroatoms. The van der Waals surface area contributed by atoms with Gasteiger partial charge >= 0.3 is 0 Å². The summed E-state index contributed by atoms with van der Waals surface area (Å²) in [5.41, 5.74) is 0. The maximum Gasteiger partial charge on any atom is 0.129 e. The van der Waals surface area contributed by atoms with Gasteiger partial charge in [-0.25, -0.2) is 0 Å². The normalized spacial score (nSPS) is 10.2. The van der Waals surface area contributed by atoms with Gasteiger partial charge in [0, 0.05) is 7.79 Å². The predicted octanol–water partition coefficient (Wildman–Crippen LogP) is 0.985. The fraction of sp³-hybridized carbons (Fsp3) is 0.750. The predicted molar refractivity (Wildman–Crippen MR) is 21.0 cm³/mol. The molecule has 0 aliphatic rings. The van der Waals surface area contributed by atoms with Crippen LogP contribution in [-0.4, -0.2) is 5.78 Å². The second-order valence-corrected chi connectivity index (χ2v) is 0.952. The molecule has 0 spiro atoms. The van der Waals surface area contributed by atoms with Crippen LogP contribution in [0.4, 0.5) is 0 Å². The topological polar surface area (TPSA) is 17.1 Å². The van der Waals surface area contributed by atoms with E-state index in [-0.39, 0.29) is 12.7 Å². The monoisotopic (exact) mass is 74.1 g/mol. The molecule has 0 aromatic carbocycles. The van der Waals surface area contributed by atoms with Crippen LogP contribution in [0.5, 0.6) is 0 Å². The third kappa shape index (κ3) is 3.67. The van der Waals surface area contributed by atoms with E-state index in [0.29, 0.717) is 6.42 Å². The number of ketones is 1. The molecule has 1 nitrogen and oxygen atoms in total. The zero-order valence-electron chi connectivity index (χ0n) is 4.32. The third-order valence-electron chi connectivity index (χ3n) is 0.352. The van der Waals surface area contributed by atoms with Gasteiger partial charge in [0.1, 0.15) is 5.78 Å². The Morgan fingerprint density at radius 2 is 2.80 bits per heavy atom. The summed E-state index contributed by atoms with van der Waals surface area (Å²) in [6.45, 7) is 1.73. The first-order valence-electron chi connectivity index (χ1n) is 2.26. The minimum Gasteiger partial charge on any atom is -0.300 e. The van der Waals surface area contributed by atoms with Crippen molar-refractivity contribution in [1.82, 2.24) is 0 Å². The number of hydrogen-bond donors (Lipinski definition) is 0. The molecular formula is C4H8O. The molecule has 5 heavy (non-hydrogen) atoms. The molecule has 0 rings (SSSR count). The van der Waals surface area contributed by atoms with E-state index in [0.717, 1.165) is 0 Å². The average Bonchev–Trinajstić information content (AvgIpc) is 1.35. The first-order chi connectivity index (χ1) is 2.77. The minimum atomic E-state index is 0.102. The molecule has 0 bridgehead atoms. The summed E-state index contributed by atoms with van der Waals surface area (Å²) < 4.78 is 6.51. The molecule has 0 N–H and O–H groups in total. The minimum absolute atomic E-state index is 0.102. The Hall–Kier alpha value is -0.330. The molecule has 0 amide bonds. The molecule has 0 saturated heterocycles. The van der Waals surface area contributed by atoms with Gasteiger partial charge in [0.15, 0.2) is 0 Å². The molecule has 0 unspecified atom stereocenters. The standard InChI is InChI=1S/C4H8O/c1-3-4(2)5/h3H2,1-2H3/i1T. The fourth-order valence-electron chi connectivity index (χ4n) is 0. The lowest BCUT2D eigenvalue weighted by molar-refractivity contribution is -0.116. The molecule has 0 aromatic heterocycles. The number of carbonyl (C=O) groups is 1. The van der Waals surface area contributed by atoms with Crippen LogP contribution in [0.3, 0.4) is 0 Å². The van der Waals surface area contributed by atoms with Crippen LogP contribution in [0.25, 0.3) is 0 Å². The Bertz CT molecular complexity index is 51.5. The summed E-state index contributed by atoms with van der Waals surface area (Å²) in [4.78, 5) is 9.92.